The average Bonchev–Trinajstić information content (AvgIpc) is 2.95. The van der Waals surface area contributed by atoms with Crippen LogP contribution in [0.5, 0.6) is 0 Å². The lowest BCUT2D eigenvalue weighted by molar-refractivity contribution is -0.136. The molecule has 8 heteroatoms. The number of hydrogen-bond acceptors (Lipinski definition) is 6. The van der Waals surface area contributed by atoms with Gasteiger partial charge in [-0.05, 0) is 56.7 Å². The Morgan fingerprint density at radius 3 is 2.50 bits per heavy atom. The van der Waals surface area contributed by atoms with Crippen molar-refractivity contribution in [3.63, 3.8) is 0 Å². The normalized spacial score (nSPS) is 26.9. The van der Waals surface area contributed by atoms with Gasteiger partial charge < -0.3 is 10.6 Å². The average molecular weight is 412 g/mol. The number of rotatable bonds is 5. The minimum absolute atomic E-state index is 0.116. The van der Waals surface area contributed by atoms with Crippen molar-refractivity contribution in [1.29, 1.82) is 0 Å². The zero-order valence-corrected chi connectivity index (χ0v) is 17.2. The van der Waals surface area contributed by atoms with Crippen molar-refractivity contribution in [2.75, 3.05) is 13.6 Å². The van der Waals surface area contributed by atoms with Crippen molar-refractivity contribution in [3.8, 4) is 0 Å². The summed E-state index contributed by atoms with van der Waals surface area (Å²) < 4.78 is 0. The van der Waals surface area contributed by atoms with Gasteiger partial charge in [-0.15, -0.1) is 0 Å². The fourth-order valence-corrected chi connectivity index (χ4v) is 4.88. The van der Waals surface area contributed by atoms with Gasteiger partial charge in [-0.2, -0.15) is 0 Å². The second-order valence-electron chi connectivity index (χ2n) is 8.76. The van der Waals surface area contributed by atoms with E-state index in [1.807, 2.05) is 13.1 Å². The van der Waals surface area contributed by atoms with Gasteiger partial charge in [0.1, 0.15) is 6.04 Å². The smallest absolute Gasteiger partial charge is 0.262 e. The van der Waals surface area contributed by atoms with Crippen LogP contribution in [0.25, 0.3) is 0 Å². The zero-order valence-electron chi connectivity index (χ0n) is 17.2. The van der Waals surface area contributed by atoms with Crippen LogP contribution in [0.3, 0.4) is 0 Å². The van der Waals surface area contributed by atoms with Crippen LogP contribution in [0.4, 0.5) is 0 Å². The predicted octanol–water partition coefficient (Wildman–Crippen LogP) is 1.04. The summed E-state index contributed by atoms with van der Waals surface area (Å²) in [5.41, 5.74) is 7.50. The molecule has 1 atom stereocenters. The highest BCUT2D eigenvalue weighted by Crippen LogP contribution is 2.31. The summed E-state index contributed by atoms with van der Waals surface area (Å²) in [5.74, 6) is -1.29. The molecule has 2 heterocycles. The number of carbonyl (C=O) groups excluding carboxylic acids is 4. The van der Waals surface area contributed by atoms with E-state index < -0.39 is 23.8 Å². The molecule has 1 aromatic carbocycles. The Kier molecular flexibility index (Phi) is 5.71. The Morgan fingerprint density at radius 2 is 1.80 bits per heavy atom. The van der Waals surface area contributed by atoms with E-state index in [0.717, 1.165) is 42.7 Å². The van der Waals surface area contributed by atoms with Gasteiger partial charge in [0.25, 0.3) is 11.8 Å². The standard InChI is InChI=1S/C22H28N4O4/c1-25(11-13-5-7-15(23)8-6-13)12-14-3-2-4-16-19(14)22(30)26(21(16)29)17-9-10-18(27)24-20(17)28/h2-4,13,15,17H,5-12,23H2,1H3,(H,24,27,28). The van der Waals surface area contributed by atoms with Crippen LogP contribution in [0.1, 0.15) is 64.8 Å². The highest BCUT2D eigenvalue weighted by atomic mass is 16.2. The number of hydrogen-bond donors (Lipinski definition) is 2. The Morgan fingerprint density at radius 1 is 1.07 bits per heavy atom. The summed E-state index contributed by atoms with van der Waals surface area (Å²) in [4.78, 5) is 53.0. The Balaban J connectivity index is 1.50. The molecule has 3 N–H and O–H groups in total. The molecule has 0 bridgehead atoms. The molecule has 2 aliphatic heterocycles. The van der Waals surface area contributed by atoms with Crippen LogP contribution in [0.15, 0.2) is 18.2 Å². The van der Waals surface area contributed by atoms with Crippen LogP contribution in [-0.2, 0) is 16.1 Å². The summed E-state index contributed by atoms with van der Waals surface area (Å²) in [6.07, 6.45) is 4.60. The van der Waals surface area contributed by atoms with E-state index in [1.165, 1.54) is 0 Å². The Labute approximate surface area is 175 Å². The molecule has 160 valence electrons. The highest BCUT2D eigenvalue weighted by Gasteiger charge is 2.45. The minimum atomic E-state index is -0.938. The van der Waals surface area contributed by atoms with E-state index in [9.17, 15) is 19.2 Å². The second-order valence-corrected chi connectivity index (χ2v) is 8.76. The highest BCUT2D eigenvalue weighted by molar-refractivity contribution is 6.24. The maximum atomic E-state index is 13.2. The van der Waals surface area contributed by atoms with Gasteiger partial charge in [0.05, 0.1) is 11.1 Å². The molecular weight excluding hydrogens is 384 g/mol. The second kappa shape index (κ2) is 8.28. The molecule has 1 saturated heterocycles. The van der Waals surface area contributed by atoms with Crippen molar-refractivity contribution in [2.45, 2.75) is 57.2 Å². The summed E-state index contributed by atoms with van der Waals surface area (Å²) in [7, 11) is 2.02. The fraction of sp³-hybridized carbons (Fsp3) is 0.545. The van der Waals surface area contributed by atoms with Crippen molar-refractivity contribution < 1.29 is 19.2 Å². The van der Waals surface area contributed by atoms with Crippen molar-refractivity contribution in [3.05, 3.63) is 34.9 Å². The van der Waals surface area contributed by atoms with Crippen LogP contribution in [-0.4, -0.2) is 59.1 Å². The van der Waals surface area contributed by atoms with Crippen LogP contribution < -0.4 is 11.1 Å². The largest absolute Gasteiger partial charge is 0.328 e. The molecule has 0 spiro atoms. The Bertz CT molecular complexity index is 891. The topological polar surface area (TPSA) is 113 Å². The summed E-state index contributed by atoms with van der Waals surface area (Å²) in [5, 5.41) is 2.23. The van der Waals surface area contributed by atoms with Gasteiger partial charge in [0.15, 0.2) is 0 Å². The molecule has 4 amide bonds. The Hall–Kier alpha value is -2.58. The first-order chi connectivity index (χ1) is 14.3. The summed E-state index contributed by atoms with van der Waals surface area (Å²) in [6.45, 7) is 1.46. The molecule has 8 nitrogen and oxygen atoms in total. The van der Waals surface area contributed by atoms with E-state index in [4.69, 9.17) is 5.73 Å². The van der Waals surface area contributed by atoms with Gasteiger partial charge in [-0.3, -0.25) is 29.4 Å². The number of fused-ring (bicyclic) bond motifs is 1. The van der Waals surface area contributed by atoms with Gasteiger partial charge in [0, 0.05) is 25.6 Å². The molecule has 2 fully saturated rings. The molecule has 0 radical (unpaired) electrons. The minimum Gasteiger partial charge on any atom is -0.328 e. The number of nitrogens with one attached hydrogen (secondary N) is 1. The van der Waals surface area contributed by atoms with Crippen LogP contribution in [0, 0.1) is 5.92 Å². The quantitative estimate of drug-likeness (QED) is 0.699. The third-order valence-electron chi connectivity index (χ3n) is 6.46. The van der Waals surface area contributed by atoms with Gasteiger partial charge in [-0.1, -0.05) is 12.1 Å². The van der Waals surface area contributed by atoms with Crippen LogP contribution in [0.2, 0.25) is 0 Å². The SMILES string of the molecule is CN(Cc1cccc2c1C(=O)N(C1CCC(=O)NC1=O)C2=O)CC1CCC(N)CC1. The third-order valence-corrected chi connectivity index (χ3v) is 6.46. The maximum Gasteiger partial charge on any atom is 0.262 e. The van der Waals surface area contributed by atoms with Gasteiger partial charge in [0.2, 0.25) is 11.8 Å². The van der Waals surface area contributed by atoms with Gasteiger partial charge >= 0.3 is 0 Å². The van der Waals surface area contributed by atoms with E-state index in [0.29, 0.717) is 29.6 Å². The molecule has 3 aliphatic rings. The lowest BCUT2D eigenvalue weighted by atomic mass is 9.86. The predicted molar refractivity (Wildman–Crippen MR) is 109 cm³/mol. The van der Waals surface area contributed by atoms with E-state index in [1.54, 1.807) is 12.1 Å². The van der Waals surface area contributed by atoms with Crippen molar-refractivity contribution in [2.24, 2.45) is 11.7 Å². The lowest BCUT2D eigenvalue weighted by Crippen LogP contribution is -2.54. The first-order valence-corrected chi connectivity index (χ1v) is 10.6. The summed E-state index contributed by atoms with van der Waals surface area (Å²) >= 11 is 0. The first-order valence-electron chi connectivity index (χ1n) is 10.6. The fourth-order valence-electron chi connectivity index (χ4n) is 4.88. The number of carbonyl (C=O) groups is 4. The number of benzene rings is 1. The van der Waals surface area contributed by atoms with Crippen molar-refractivity contribution in [1.82, 2.24) is 15.1 Å². The molecule has 1 saturated carbocycles. The zero-order chi connectivity index (χ0) is 21.4. The maximum absolute atomic E-state index is 13.2. The number of nitrogens with two attached hydrogens (primary N) is 1. The monoisotopic (exact) mass is 412 g/mol. The number of imide groups is 2. The van der Waals surface area contributed by atoms with E-state index in [-0.39, 0.29) is 18.7 Å². The first kappa shape index (κ1) is 20.7. The molecule has 1 unspecified atom stereocenters. The molecular formula is C22H28N4O4. The molecule has 1 aromatic rings. The summed E-state index contributed by atoms with van der Waals surface area (Å²) in [6, 6.07) is 4.65. The third kappa shape index (κ3) is 3.89. The number of nitrogens with zero attached hydrogens (tertiary/aromatic N) is 2. The van der Waals surface area contributed by atoms with Crippen LogP contribution >= 0.6 is 0 Å². The lowest BCUT2D eigenvalue weighted by Gasteiger charge is -2.30. The van der Waals surface area contributed by atoms with E-state index >= 15 is 0 Å². The van der Waals surface area contributed by atoms with Crippen molar-refractivity contribution >= 4 is 23.6 Å². The molecule has 30 heavy (non-hydrogen) atoms. The van der Waals surface area contributed by atoms with E-state index in [2.05, 4.69) is 10.2 Å². The molecule has 4 rings (SSSR count). The number of amides is 4. The molecule has 0 aromatic heterocycles. The van der Waals surface area contributed by atoms with Gasteiger partial charge in [-0.25, -0.2) is 0 Å². The molecule has 1 aliphatic carbocycles. The number of piperidine rings is 1.